The van der Waals surface area contributed by atoms with Crippen LogP contribution in [-0.2, 0) is 26.0 Å². The van der Waals surface area contributed by atoms with Crippen LogP contribution in [0, 0.1) is 5.92 Å². The van der Waals surface area contributed by atoms with E-state index < -0.39 is 21.6 Å². The Hall–Kier alpha value is -2.46. The molecule has 1 aliphatic carbocycles. The van der Waals surface area contributed by atoms with Gasteiger partial charge in [0.05, 0.1) is 4.90 Å². The minimum absolute atomic E-state index is 0.0330. The number of amides is 4. The lowest BCUT2D eigenvalue weighted by Crippen LogP contribution is -2.54. The summed E-state index contributed by atoms with van der Waals surface area (Å²) in [6.45, 7) is 3.14. The molecule has 1 aromatic rings. The third-order valence-electron chi connectivity index (χ3n) is 8.00. The Labute approximate surface area is 200 Å². The predicted molar refractivity (Wildman–Crippen MR) is 126 cm³/mol. The first-order valence-corrected chi connectivity index (χ1v) is 13.8. The number of anilines is 1. The van der Waals surface area contributed by atoms with Crippen molar-refractivity contribution in [1.29, 1.82) is 0 Å². The smallest absolute Gasteiger partial charge is 0.323 e. The largest absolute Gasteiger partial charge is 0.325 e. The van der Waals surface area contributed by atoms with E-state index in [0.29, 0.717) is 38.2 Å². The molecule has 34 heavy (non-hydrogen) atoms. The Balaban J connectivity index is 1.32. The molecule has 3 fully saturated rings. The van der Waals surface area contributed by atoms with Gasteiger partial charge < -0.3 is 10.2 Å². The fraction of sp³-hybridized carbons (Fsp3) is 0.625. The van der Waals surface area contributed by atoms with Gasteiger partial charge in [-0.1, -0.05) is 26.2 Å². The SMILES string of the molecule is CC1CCCCC12NC(=O)N(CC(=O)N1CCc3cc(S(=O)(=O)N4CCCCC4)ccc31)C2=O. The number of hydrogen-bond acceptors (Lipinski definition) is 5. The fourth-order valence-electron chi connectivity index (χ4n) is 5.91. The molecule has 3 heterocycles. The Morgan fingerprint density at radius 1 is 1.09 bits per heavy atom. The second kappa shape index (κ2) is 8.64. The first-order chi connectivity index (χ1) is 16.2. The van der Waals surface area contributed by atoms with Gasteiger partial charge in [0.2, 0.25) is 15.9 Å². The predicted octanol–water partition coefficient (Wildman–Crippen LogP) is 2.25. The molecule has 1 aromatic carbocycles. The summed E-state index contributed by atoms with van der Waals surface area (Å²) < 4.78 is 27.6. The molecule has 9 nitrogen and oxygen atoms in total. The molecule has 184 valence electrons. The zero-order valence-corrected chi connectivity index (χ0v) is 20.4. The Morgan fingerprint density at radius 2 is 1.85 bits per heavy atom. The number of fused-ring (bicyclic) bond motifs is 1. The van der Waals surface area contributed by atoms with Gasteiger partial charge in [-0.3, -0.25) is 14.5 Å². The van der Waals surface area contributed by atoms with Gasteiger partial charge in [0, 0.05) is 25.3 Å². The molecule has 0 bridgehead atoms. The summed E-state index contributed by atoms with van der Waals surface area (Å²) in [5.74, 6) is -0.611. The number of rotatable bonds is 4. The Bertz CT molecular complexity index is 1130. The van der Waals surface area contributed by atoms with Gasteiger partial charge in [0.25, 0.3) is 5.91 Å². The fourth-order valence-corrected chi connectivity index (χ4v) is 7.48. The van der Waals surface area contributed by atoms with E-state index in [9.17, 15) is 22.8 Å². The van der Waals surface area contributed by atoms with Crippen LogP contribution in [0.2, 0.25) is 0 Å². The van der Waals surface area contributed by atoms with Crippen molar-refractivity contribution in [2.75, 3.05) is 31.1 Å². The third kappa shape index (κ3) is 3.71. The Kier molecular flexibility index (Phi) is 5.92. The molecular weight excluding hydrogens is 456 g/mol. The first-order valence-electron chi connectivity index (χ1n) is 12.3. The van der Waals surface area contributed by atoms with Crippen molar-refractivity contribution in [1.82, 2.24) is 14.5 Å². The van der Waals surface area contributed by atoms with Crippen LogP contribution in [0.4, 0.5) is 10.5 Å². The van der Waals surface area contributed by atoms with E-state index in [4.69, 9.17) is 0 Å². The van der Waals surface area contributed by atoms with E-state index in [-0.39, 0.29) is 29.2 Å². The second-order valence-corrected chi connectivity index (χ2v) is 11.9. The van der Waals surface area contributed by atoms with Crippen LogP contribution < -0.4 is 10.2 Å². The van der Waals surface area contributed by atoms with Crippen LogP contribution in [-0.4, -0.2) is 67.2 Å². The minimum atomic E-state index is -3.55. The topological polar surface area (TPSA) is 107 Å². The molecule has 4 aliphatic rings. The van der Waals surface area contributed by atoms with Gasteiger partial charge in [-0.2, -0.15) is 4.31 Å². The molecule has 1 saturated carbocycles. The van der Waals surface area contributed by atoms with E-state index in [1.165, 1.54) is 4.31 Å². The van der Waals surface area contributed by atoms with Crippen LogP contribution in [0.25, 0.3) is 0 Å². The van der Waals surface area contributed by atoms with E-state index in [1.807, 2.05) is 6.92 Å². The normalized spacial score (nSPS) is 27.9. The molecule has 10 heteroatoms. The lowest BCUT2D eigenvalue weighted by Gasteiger charge is -2.36. The molecule has 2 atom stereocenters. The molecule has 1 N–H and O–H groups in total. The van der Waals surface area contributed by atoms with Crippen LogP contribution in [0.1, 0.15) is 57.4 Å². The molecule has 1 spiro atoms. The number of imide groups is 1. The van der Waals surface area contributed by atoms with Gasteiger partial charge in [0.1, 0.15) is 12.1 Å². The number of carbonyl (C=O) groups is 3. The van der Waals surface area contributed by atoms with Crippen molar-refractivity contribution in [3.05, 3.63) is 23.8 Å². The third-order valence-corrected chi connectivity index (χ3v) is 9.89. The van der Waals surface area contributed by atoms with E-state index in [1.54, 1.807) is 23.1 Å². The average molecular weight is 489 g/mol. The van der Waals surface area contributed by atoms with Crippen molar-refractivity contribution in [3.63, 3.8) is 0 Å². The van der Waals surface area contributed by atoms with Gasteiger partial charge >= 0.3 is 6.03 Å². The summed E-state index contributed by atoms with van der Waals surface area (Å²) >= 11 is 0. The molecule has 4 amide bonds. The van der Waals surface area contributed by atoms with Gasteiger partial charge in [-0.05, 0) is 61.8 Å². The number of benzene rings is 1. The lowest BCUT2D eigenvalue weighted by molar-refractivity contribution is -0.136. The zero-order valence-electron chi connectivity index (χ0n) is 19.6. The summed E-state index contributed by atoms with van der Waals surface area (Å²) in [7, 11) is -3.55. The molecule has 3 aliphatic heterocycles. The maximum absolute atomic E-state index is 13.2. The molecule has 5 rings (SSSR count). The second-order valence-electron chi connectivity index (χ2n) is 9.99. The van der Waals surface area contributed by atoms with E-state index in [2.05, 4.69) is 5.32 Å². The van der Waals surface area contributed by atoms with Crippen molar-refractivity contribution in [3.8, 4) is 0 Å². The van der Waals surface area contributed by atoms with E-state index >= 15 is 0 Å². The van der Waals surface area contributed by atoms with Crippen LogP contribution in [0.15, 0.2) is 23.1 Å². The quantitative estimate of drug-likeness (QED) is 0.654. The van der Waals surface area contributed by atoms with Crippen molar-refractivity contribution in [2.45, 2.75) is 68.7 Å². The summed E-state index contributed by atoms with van der Waals surface area (Å²) in [6.07, 6.45) is 6.70. The lowest BCUT2D eigenvalue weighted by atomic mass is 9.73. The molecular formula is C24H32N4O5S. The number of sulfonamides is 1. The Morgan fingerprint density at radius 3 is 2.59 bits per heavy atom. The minimum Gasteiger partial charge on any atom is -0.323 e. The highest BCUT2D eigenvalue weighted by Crippen LogP contribution is 2.38. The van der Waals surface area contributed by atoms with Gasteiger partial charge in [-0.15, -0.1) is 0 Å². The molecule has 0 aromatic heterocycles. The highest BCUT2D eigenvalue weighted by Gasteiger charge is 2.55. The standard InChI is InChI=1S/C24H32N4O5S/c1-17-7-3-4-11-24(17)22(30)28(23(31)25-24)16-21(29)27-14-10-18-15-19(8-9-20(18)27)34(32,33)26-12-5-2-6-13-26/h8-9,15,17H,2-7,10-14,16H2,1H3,(H,25,31). The summed E-state index contributed by atoms with van der Waals surface area (Å²) in [6, 6.07) is 4.39. The van der Waals surface area contributed by atoms with Crippen LogP contribution in [0.3, 0.4) is 0 Å². The number of nitrogens with zero attached hydrogens (tertiary/aromatic N) is 3. The van der Waals surface area contributed by atoms with Crippen LogP contribution in [0.5, 0.6) is 0 Å². The molecule has 0 radical (unpaired) electrons. The number of nitrogens with one attached hydrogen (secondary N) is 1. The van der Waals surface area contributed by atoms with Crippen molar-refractivity contribution in [2.24, 2.45) is 5.92 Å². The van der Waals surface area contributed by atoms with Crippen LogP contribution >= 0.6 is 0 Å². The molecule has 2 saturated heterocycles. The molecule has 2 unspecified atom stereocenters. The summed E-state index contributed by atoms with van der Waals surface area (Å²) in [5.41, 5.74) is 0.548. The summed E-state index contributed by atoms with van der Waals surface area (Å²) in [5, 5.41) is 2.88. The first kappa shape index (κ1) is 23.3. The maximum atomic E-state index is 13.2. The number of carbonyl (C=O) groups excluding carboxylic acids is 3. The monoisotopic (exact) mass is 488 g/mol. The number of urea groups is 1. The maximum Gasteiger partial charge on any atom is 0.325 e. The van der Waals surface area contributed by atoms with Gasteiger partial charge in [-0.25, -0.2) is 13.2 Å². The summed E-state index contributed by atoms with van der Waals surface area (Å²) in [4.78, 5) is 41.9. The zero-order chi connectivity index (χ0) is 24.1. The van der Waals surface area contributed by atoms with Crippen molar-refractivity contribution < 1.29 is 22.8 Å². The highest BCUT2D eigenvalue weighted by molar-refractivity contribution is 7.89. The number of piperidine rings is 1. The average Bonchev–Trinajstić information content (AvgIpc) is 3.36. The number of hydrogen-bond donors (Lipinski definition) is 1. The van der Waals surface area contributed by atoms with Gasteiger partial charge in [0.15, 0.2) is 0 Å². The van der Waals surface area contributed by atoms with E-state index in [0.717, 1.165) is 49.0 Å². The van der Waals surface area contributed by atoms with Crippen molar-refractivity contribution >= 4 is 33.6 Å². The highest BCUT2D eigenvalue weighted by atomic mass is 32.2.